The molecule has 1 aliphatic heterocycles. The Morgan fingerprint density at radius 2 is 1.76 bits per heavy atom. The van der Waals surface area contributed by atoms with Crippen molar-refractivity contribution in [3.63, 3.8) is 0 Å². The number of carbonyl (C=O) groups excluding carboxylic acids is 1. The molecule has 1 aromatic heterocycles. The summed E-state index contributed by atoms with van der Waals surface area (Å²) in [6, 6.07) is 13.2. The Labute approximate surface area is 215 Å². The second kappa shape index (κ2) is 9.03. The van der Waals surface area contributed by atoms with Crippen LogP contribution in [0.25, 0.3) is 22.2 Å². The molecule has 8 heteroatoms. The summed E-state index contributed by atoms with van der Waals surface area (Å²) < 4.78 is 22.5. The van der Waals surface area contributed by atoms with E-state index < -0.39 is 0 Å². The van der Waals surface area contributed by atoms with Crippen molar-refractivity contribution in [2.45, 2.75) is 19.8 Å². The van der Waals surface area contributed by atoms with Crippen LogP contribution in [0.3, 0.4) is 0 Å². The molecular weight excluding hydrogens is 470 g/mol. The lowest BCUT2D eigenvalue weighted by molar-refractivity contribution is 0.104. The van der Waals surface area contributed by atoms with Crippen LogP contribution in [0.1, 0.15) is 35.7 Å². The van der Waals surface area contributed by atoms with Gasteiger partial charge in [-0.15, -0.1) is 0 Å². The Kier molecular flexibility index (Phi) is 5.67. The second-order valence-corrected chi connectivity index (χ2v) is 9.66. The van der Waals surface area contributed by atoms with E-state index in [-0.39, 0.29) is 5.78 Å². The van der Waals surface area contributed by atoms with Gasteiger partial charge in [0.15, 0.2) is 23.0 Å². The molecule has 0 bridgehead atoms. The zero-order valence-corrected chi connectivity index (χ0v) is 21.4. The Hall–Kier alpha value is -4.20. The maximum atomic E-state index is 13.9. The van der Waals surface area contributed by atoms with Crippen molar-refractivity contribution < 1.29 is 23.5 Å². The lowest BCUT2D eigenvalue weighted by atomic mass is 9.86. The Morgan fingerprint density at radius 3 is 2.43 bits per heavy atom. The van der Waals surface area contributed by atoms with Gasteiger partial charge in [-0.3, -0.25) is 4.79 Å². The average molecular weight is 500 g/mol. The van der Waals surface area contributed by atoms with Crippen LogP contribution >= 0.6 is 0 Å². The molecule has 1 fully saturated rings. The van der Waals surface area contributed by atoms with Gasteiger partial charge in [0.05, 0.1) is 43.7 Å². The van der Waals surface area contributed by atoms with Gasteiger partial charge in [-0.25, -0.2) is 0 Å². The van der Waals surface area contributed by atoms with Crippen LogP contribution in [-0.2, 0) is 0 Å². The fraction of sp³-hybridized carbons (Fsp3) is 0.310. The van der Waals surface area contributed by atoms with Crippen LogP contribution in [0.15, 0.2) is 47.0 Å². The monoisotopic (exact) mass is 499 g/mol. The largest absolute Gasteiger partial charge is 0.493 e. The van der Waals surface area contributed by atoms with E-state index in [2.05, 4.69) is 22.3 Å². The highest BCUT2D eigenvalue weighted by Crippen LogP contribution is 2.48. The minimum Gasteiger partial charge on any atom is -0.493 e. The number of hydrogen-bond acceptors (Lipinski definition) is 8. The fourth-order valence-corrected chi connectivity index (χ4v) is 5.60. The third-order valence-electron chi connectivity index (χ3n) is 7.32. The standard InChI is InChI=1S/C29H29N3O5/c1-16-8-7-11-32(15-16)21-14-20(30-17-12-22(34-2)29(36-4)23(13-17)35-3)24-25-26(21)31-37-28(25)19-10-6-5-9-18(19)27(24)33/h5-6,9-10,12-14,16,30H,7-8,11,15H2,1-4H3/t16-/m1/s1. The SMILES string of the molecule is COc1cc(Nc2cc(N3CCC[C@@H](C)C3)c3noc4c3c2C(=O)c2ccccc2-4)cc(OC)c1OC. The van der Waals surface area contributed by atoms with Crippen molar-refractivity contribution >= 4 is 33.7 Å². The topological polar surface area (TPSA) is 86.1 Å². The molecule has 4 aromatic rings. The summed E-state index contributed by atoms with van der Waals surface area (Å²) in [5, 5.41) is 8.73. The molecule has 6 rings (SSSR count). The minimum absolute atomic E-state index is 0.0650. The van der Waals surface area contributed by atoms with Gasteiger partial charge in [-0.1, -0.05) is 36.3 Å². The van der Waals surface area contributed by atoms with Gasteiger partial charge < -0.3 is 29.0 Å². The maximum absolute atomic E-state index is 13.9. The minimum atomic E-state index is -0.0650. The van der Waals surface area contributed by atoms with Gasteiger partial charge in [-0.2, -0.15) is 0 Å². The van der Waals surface area contributed by atoms with E-state index in [1.807, 2.05) is 42.5 Å². The van der Waals surface area contributed by atoms with E-state index in [1.54, 1.807) is 21.3 Å². The zero-order valence-electron chi connectivity index (χ0n) is 21.4. The van der Waals surface area contributed by atoms with Crippen LogP contribution in [0.5, 0.6) is 17.2 Å². The first-order valence-electron chi connectivity index (χ1n) is 12.5. The Bertz CT molecular complexity index is 1500. The quantitative estimate of drug-likeness (QED) is 0.302. The van der Waals surface area contributed by atoms with Gasteiger partial charge >= 0.3 is 0 Å². The van der Waals surface area contributed by atoms with E-state index in [1.165, 1.54) is 6.42 Å². The number of ether oxygens (including phenoxy) is 3. The number of fused-ring (bicyclic) bond motifs is 2. The van der Waals surface area contributed by atoms with E-state index in [4.69, 9.17) is 18.7 Å². The molecule has 1 N–H and O–H groups in total. The average Bonchev–Trinajstić information content (AvgIpc) is 3.36. The second-order valence-electron chi connectivity index (χ2n) is 9.66. The van der Waals surface area contributed by atoms with Gasteiger partial charge in [0.1, 0.15) is 5.52 Å². The number of hydrogen-bond donors (Lipinski definition) is 1. The summed E-state index contributed by atoms with van der Waals surface area (Å²) in [7, 11) is 4.73. The van der Waals surface area contributed by atoms with Crippen LogP contribution in [0.2, 0.25) is 0 Å². The van der Waals surface area contributed by atoms with Crippen molar-refractivity contribution in [3.8, 4) is 28.6 Å². The normalized spacial score (nSPS) is 16.5. The first-order valence-corrected chi connectivity index (χ1v) is 12.5. The molecule has 0 unspecified atom stereocenters. The van der Waals surface area contributed by atoms with Crippen molar-refractivity contribution in [3.05, 3.63) is 53.6 Å². The molecule has 0 radical (unpaired) electrons. The van der Waals surface area contributed by atoms with Gasteiger partial charge in [0.2, 0.25) is 5.75 Å². The first-order chi connectivity index (χ1) is 18.0. The van der Waals surface area contributed by atoms with Gasteiger partial charge in [0, 0.05) is 42.0 Å². The number of carbonyl (C=O) groups is 1. The van der Waals surface area contributed by atoms with E-state index in [9.17, 15) is 4.79 Å². The van der Waals surface area contributed by atoms with Crippen LogP contribution in [-0.4, -0.2) is 45.4 Å². The molecule has 0 amide bonds. The van der Waals surface area contributed by atoms with E-state index in [0.717, 1.165) is 41.7 Å². The number of nitrogens with zero attached hydrogens (tertiary/aromatic N) is 2. The highest BCUT2D eigenvalue weighted by atomic mass is 16.5. The van der Waals surface area contributed by atoms with Crippen molar-refractivity contribution in [1.29, 1.82) is 0 Å². The highest BCUT2D eigenvalue weighted by Gasteiger charge is 2.34. The number of nitrogens with one attached hydrogen (secondary N) is 1. The molecule has 190 valence electrons. The third-order valence-corrected chi connectivity index (χ3v) is 7.32. The van der Waals surface area contributed by atoms with Crippen molar-refractivity contribution in [2.24, 2.45) is 5.92 Å². The summed E-state index contributed by atoms with van der Waals surface area (Å²) in [5.41, 5.74) is 4.98. The van der Waals surface area contributed by atoms with Crippen LogP contribution in [0, 0.1) is 5.92 Å². The van der Waals surface area contributed by atoms with E-state index >= 15 is 0 Å². The highest BCUT2D eigenvalue weighted by molar-refractivity contribution is 6.28. The van der Waals surface area contributed by atoms with Gasteiger partial charge in [0.25, 0.3) is 0 Å². The predicted molar refractivity (Wildman–Crippen MR) is 143 cm³/mol. The lowest BCUT2D eigenvalue weighted by Crippen LogP contribution is -2.34. The molecule has 37 heavy (non-hydrogen) atoms. The third kappa shape index (κ3) is 3.66. The lowest BCUT2D eigenvalue weighted by Gasteiger charge is -2.33. The number of anilines is 3. The summed E-state index contributed by atoms with van der Waals surface area (Å²) in [6.45, 7) is 4.11. The summed E-state index contributed by atoms with van der Waals surface area (Å²) >= 11 is 0. The summed E-state index contributed by atoms with van der Waals surface area (Å²) in [6.07, 6.45) is 2.30. The number of rotatable bonds is 6. The molecule has 1 atom stereocenters. The molecule has 1 aliphatic carbocycles. The maximum Gasteiger partial charge on any atom is 0.203 e. The molecule has 0 spiro atoms. The Morgan fingerprint density at radius 1 is 1.03 bits per heavy atom. The number of piperidine rings is 1. The molecule has 3 aromatic carbocycles. The fourth-order valence-electron chi connectivity index (χ4n) is 5.60. The number of benzene rings is 3. The molecule has 8 nitrogen and oxygen atoms in total. The number of methoxy groups -OCH3 is 3. The molecule has 1 saturated heterocycles. The Balaban J connectivity index is 1.58. The van der Waals surface area contributed by atoms with Crippen molar-refractivity contribution in [1.82, 2.24) is 5.16 Å². The summed E-state index contributed by atoms with van der Waals surface area (Å²) in [5.74, 6) is 2.67. The van der Waals surface area contributed by atoms with E-state index in [0.29, 0.717) is 51.4 Å². The van der Waals surface area contributed by atoms with Crippen LogP contribution < -0.4 is 24.4 Å². The smallest absolute Gasteiger partial charge is 0.203 e. The van der Waals surface area contributed by atoms with Crippen molar-refractivity contribution in [2.75, 3.05) is 44.6 Å². The number of ketones is 1. The predicted octanol–water partition coefficient (Wildman–Crippen LogP) is 6.04. The zero-order chi connectivity index (χ0) is 25.7. The number of aromatic nitrogens is 1. The molecule has 0 saturated carbocycles. The van der Waals surface area contributed by atoms with Crippen LogP contribution in [0.4, 0.5) is 17.1 Å². The molecular formula is C29H29N3O5. The van der Waals surface area contributed by atoms with Gasteiger partial charge in [-0.05, 0) is 24.8 Å². The first kappa shape index (κ1) is 23.2. The summed E-state index contributed by atoms with van der Waals surface area (Å²) in [4.78, 5) is 16.2. The molecule has 2 heterocycles. The molecule has 2 aliphatic rings.